The van der Waals surface area contributed by atoms with Crippen LogP contribution in [0.4, 0.5) is 0 Å². The molecular formula is C73H142FeN+. The Morgan fingerprint density at radius 3 is 0.680 bits per heavy atom. The van der Waals surface area contributed by atoms with Crippen molar-refractivity contribution in [3.8, 4) is 0 Å². The van der Waals surface area contributed by atoms with E-state index in [-0.39, 0.29) is 17.1 Å². The summed E-state index contributed by atoms with van der Waals surface area (Å²) in [4.78, 5) is 0. The number of pyridine rings is 1. The minimum Gasteiger partial charge on any atom is -0.202 e. The van der Waals surface area contributed by atoms with Gasteiger partial charge in [-0.15, -0.1) is 0 Å². The van der Waals surface area contributed by atoms with E-state index < -0.39 is 0 Å². The van der Waals surface area contributed by atoms with E-state index in [1.165, 1.54) is 411 Å². The van der Waals surface area contributed by atoms with Crippen molar-refractivity contribution in [3.63, 3.8) is 0 Å². The fourth-order valence-electron chi connectivity index (χ4n) is 12.4. The Labute approximate surface area is 486 Å². The first-order chi connectivity index (χ1) is 36.8. The molecule has 2 heteroatoms. The van der Waals surface area contributed by atoms with Crippen molar-refractivity contribution in [2.24, 2.45) is 0 Å². The molecule has 1 nitrogen and oxygen atoms in total. The van der Waals surface area contributed by atoms with Gasteiger partial charge in [0.1, 0.15) is 6.54 Å². The largest absolute Gasteiger partial charge is 0.202 e. The van der Waals surface area contributed by atoms with E-state index in [9.17, 15) is 0 Å². The molecule has 0 unspecified atom stereocenters. The molecule has 1 aromatic heterocycles. The Hall–Kier alpha value is -0.331. The van der Waals surface area contributed by atoms with Gasteiger partial charge in [-0.3, -0.25) is 0 Å². The quantitative estimate of drug-likeness (QED) is 0.0348. The van der Waals surface area contributed by atoms with Gasteiger partial charge in [0.2, 0.25) is 0 Å². The van der Waals surface area contributed by atoms with Crippen LogP contribution in [0.5, 0.6) is 0 Å². The van der Waals surface area contributed by atoms with Crippen LogP contribution in [0, 0.1) is 0 Å². The zero-order valence-electron chi connectivity index (χ0n) is 52.7. The van der Waals surface area contributed by atoms with Gasteiger partial charge in [0.25, 0.3) is 0 Å². The normalized spacial score (nSPS) is 11.6. The van der Waals surface area contributed by atoms with Gasteiger partial charge in [0.15, 0.2) is 11.9 Å². The average Bonchev–Trinajstić information content (AvgIpc) is 3.41. The maximum absolute atomic E-state index is 2.81. The summed E-state index contributed by atoms with van der Waals surface area (Å²) in [6.07, 6.45) is 93.7. The smallest absolute Gasteiger partial charge is 0.184 e. The maximum Gasteiger partial charge on any atom is 0.184 e. The van der Waals surface area contributed by atoms with Crippen molar-refractivity contribution in [1.29, 1.82) is 0 Å². The molecule has 0 aliphatic carbocycles. The third-order valence-corrected chi connectivity index (χ3v) is 17.6. The second-order valence-corrected chi connectivity index (χ2v) is 25.0. The predicted molar refractivity (Wildman–Crippen MR) is 337 cm³/mol. The first-order valence-corrected chi connectivity index (χ1v) is 35.8. The van der Waals surface area contributed by atoms with Crippen LogP contribution in [0.3, 0.4) is 0 Å². The first-order valence-electron chi connectivity index (χ1n) is 35.8. The van der Waals surface area contributed by atoms with Gasteiger partial charge >= 0.3 is 0 Å². The molecule has 0 aliphatic heterocycles. The summed E-state index contributed by atoms with van der Waals surface area (Å²) in [5, 5.41) is 0. The molecule has 0 aromatic carbocycles. The summed E-state index contributed by atoms with van der Waals surface area (Å²) in [6, 6.07) is 2.63. The molecule has 0 spiro atoms. The Morgan fingerprint density at radius 2 is 0.427 bits per heavy atom. The van der Waals surface area contributed by atoms with E-state index in [0.29, 0.717) is 0 Å². The van der Waals surface area contributed by atoms with E-state index in [1.807, 2.05) is 5.56 Å². The zero-order valence-corrected chi connectivity index (χ0v) is 53.8. The van der Waals surface area contributed by atoms with Crippen molar-refractivity contribution < 1.29 is 21.6 Å². The number of unbranched alkanes of at least 4 members (excludes halogenated alkanes) is 56. The van der Waals surface area contributed by atoms with Gasteiger partial charge in [-0.25, -0.2) is 4.57 Å². The average molecular weight is 1090 g/mol. The molecule has 0 bridgehead atoms. The third-order valence-electron chi connectivity index (χ3n) is 17.6. The van der Waals surface area contributed by atoms with E-state index >= 15 is 0 Å². The fraction of sp³-hybridized carbons (Fsp3) is 0.932. The molecule has 75 heavy (non-hydrogen) atoms. The van der Waals surface area contributed by atoms with Crippen LogP contribution >= 0.6 is 0 Å². The summed E-state index contributed by atoms with van der Waals surface area (Å²) in [6.45, 7) is 10.6. The molecular weight excluding hydrogens is 947 g/mol. The van der Waals surface area contributed by atoms with Crippen LogP contribution in [0.2, 0.25) is 0 Å². The third kappa shape index (κ3) is 52.8. The van der Waals surface area contributed by atoms with Crippen LogP contribution in [0.1, 0.15) is 430 Å². The molecule has 0 N–H and O–H groups in total. The van der Waals surface area contributed by atoms with Crippen LogP contribution in [-0.2, 0) is 42.9 Å². The van der Waals surface area contributed by atoms with Crippen molar-refractivity contribution in [2.75, 3.05) is 0 Å². The monoisotopic (exact) mass is 1090 g/mol. The van der Waals surface area contributed by atoms with Crippen LogP contribution in [0.15, 0.2) is 12.3 Å². The van der Waals surface area contributed by atoms with Crippen molar-refractivity contribution in [1.82, 2.24) is 0 Å². The second-order valence-electron chi connectivity index (χ2n) is 25.0. The summed E-state index contributed by atoms with van der Waals surface area (Å²) in [5.74, 6) is 0. The van der Waals surface area contributed by atoms with Crippen molar-refractivity contribution in [2.45, 2.75) is 439 Å². The first kappa shape index (κ1) is 74.7. The Bertz CT molecular complexity index is 1100. The summed E-state index contributed by atoms with van der Waals surface area (Å²) >= 11 is 0. The number of rotatable bonds is 64. The Kier molecular flexibility index (Phi) is 64.2. The van der Waals surface area contributed by atoms with E-state index in [4.69, 9.17) is 0 Å². The van der Waals surface area contributed by atoms with Crippen LogP contribution in [0.25, 0.3) is 0 Å². The standard InChI is InChI=1S/C73H142N.Fe/c1-5-9-13-17-21-25-29-33-37-41-45-49-53-57-61-65-71-68-70-74(69-64-60-56-52-48-44-40-36-32-28-24-20-16-12-8-4)73(67-63-59-55-51-47-43-39-35-31-27-23-19-15-11-7-3)72(71)66-62-58-54-50-46-42-38-34-30-26-22-18-14-10-6-2;/h68,70H,5-67,69H2,1-4H3;/q+1;. The van der Waals surface area contributed by atoms with Crippen LogP contribution in [-0.4, -0.2) is 0 Å². The molecule has 1 heterocycles. The minimum atomic E-state index is 0. The topological polar surface area (TPSA) is 3.88 Å². The van der Waals surface area contributed by atoms with Crippen molar-refractivity contribution >= 4 is 0 Å². The van der Waals surface area contributed by atoms with Gasteiger partial charge in [-0.1, -0.05) is 381 Å². The van der Waals surface area contributed by atoms with Gasteiger partial charge in [-0.2, -0.15) is 0 Å². The Morgan fingerprint density at radius 1 is 0.227 bits per heavy atom. The number of hydrogen-bond acceptors (Lipinski definition) is 0. The Balaban J connectivity index is 0.0000548. The molecule has 0 amide bonds. The number of aryl methyl sites for hydroxylation is 2. The molecule has 1 aromatic rings. The molecule has 1 rings (SSSR count). The van der Waals surface area contributed by atoms with E-state index in [2.05, 4.69) is 44.5 Å². The second kappa shape index (κ2) is 64.5. The van der Waals surface area contributed by atoms with Gasteiger partial charge in [0.05, 0.1) is 0 Å². The SMILES string of the molecule is CCCCCCCCCCCCCCCCCc1cc[n+](CCCCCCCCCCCCCCCCC)c(CCCCCCCCCCCCCCCCC)c1CCCCCCCCCCCCCCCCC.[Fe]. The number of hydrogen-bond donors (Lipinski definition) is 0. The zero-order chi connectivity index (χ0) is 53.0. The van der Waals surface area contributed by atoms with Gasteiger partial charge in [-0.05, 0) is 44.1 Å². The molecule has 0 fully saturated rings. The van der Waals surface area contributed by atoms with Crippen LogP contribution < -0.4 is 4.57 Å². The molecule has 0 atom stereocenters. The minimum absolute atomic E-state index is 0. The predicted octanol–water partition coefficient (Wildman–Crippen LogP) is 26.1. The molecule has 0 saturated carbocycles. The van der Waals surface area contributed by atoms with Crippen molar-refractivity contribution in [3.05, 3.63) is 29.1 Å². The van der Waals surface area contributed by atoms with E-state index in [1.54, 1.807) is 11.3 Å². The van der Waals surface area contributed by atoms with Gasteiger partial charge in [0, 0.05) is 41.5 Å². The van der Waals surface area contributed by atoms with Gasteiger partial charge < -0.3 is 0 Å². The molecule has 446 valence electrons. The van der Waals surface area contributed by atoms with E-state index in [0.717, 1.165) is 0 Å². The molecule has 0 aliphatic rings. The maximum atomic E-state index is 2.81. The number of aromatic nitrogens is 1. The summed E-state index contributed by atoms with van der Waals surface area (Å²) in [7, 11) is 0. The summed E-state index contributed by atoms with van der Waals surface area (Å²) in [5.41, 5.74) is 5.33. The number of nitrogens with zero attached hydrogens (tertiary/aromatic N) is 1. The fourth-order valence-corrected chi connectivity index (χ4v) is 12.4. The molecule has 0 radical (unpaired) electrons. The summed E-state index contributed by atoms with van der Waals surface area (Å²) < 4.78 is 2.81. The molecule has 0 saturated heterocycles.